The van der Waals surface area contributed by atoms with E-state index in [1.165, 1.54) is 110 Å². The fourth-order valence-electron chi connectivity index (χ4n) is 11.0. The van der Waals surface area contributed by atoms with Crippen molar-refractivity contribution in [2.75, 3.05) is 20.0 Å². The number of H-pyrrole nitrogens is 2. The molecule has 13 heterocycles. The number of para-hydroxylation sites is 2. The van der Waals surface area contributed by atoms with Gasteiger partial charge in [0, 0.05) is 71.9 Å². The summed E-state index contributed by atoms with van der Waals surface area (Å²) in [6.07, 6.45) is 14.5. The first-order valence-electron chi connectivity index (χ1n) is 35.8. The Morgan fingerprint density at radius 1 is 0.412 bits per heavy atom. The van der Waals surface area contributed by atoms with E-state index in [9.17, 15) is 57.5 Å². The number of nitrogen functional groups attached to an aromatic ring is 1. The van der Waals surface area contributed by atoms with Gasteiger partial charge in [-0.1, -0.05) is 123 Å². The van der Waals surface area contributed by atoms with Gasteiger partial charge < -0.3 is 55.8 Å². The Labute approximate surface area is 789 Å². The number of carboxylic acid groups (broad SMARTS) is 6. The number of aromatic amines is 2. The topological polar surface area (TPSA) is 539 Å². The normalized spacial score (nSPS) is 10.5. The summed E-state index contributed by atoms with van der Waals surface area (Å²) in [6, 6.07) is 37.6. The Hall–Kier alpha value is -14.0. The molecule has 0 unspecified atom stereocenters. The van der Waals surface area contributed by atoms with Crippen LogP contribution in [0.5, 0.6) is 11.8 Å². The van der Waals surface area contributed by atoms with Gasteiger partial charge in [0.05, 0.1) is 47.8 Å². The number of hydrogen-bond acceptors (Lipinski definition) is 28. The first kappa shape index (κ1) is 102. The van der Waals surface area contributed by atoms with Crippen molar-refractivity contribution in [3.05, 3.63) is 338 Å². The molecule has 1 aliphatic rings. The number of halogens is 9. The molecule has 47 heteroatoms. The van der Waals surface area contributed by atoms with Crippen LogP contribution >= 0.6 is 127 Å². The summed E-state index contributed by atoms with van der Waals surface area (Å²) >= 11 is 53.6. The molecule has 4 aromatic carbocycles. The molecular weight excluding hydrogens is 1930 g/mol. The molecule has 0 saturated heterocycles. The fourth-order valence-corrected chi connectivity index (χ4v) is 15.5. The predicted octanol–water partition coefficient (Wildman–Crippen LogP) is 18.7. The maximum atomic E-state index is 12.8. The van der Waals surface area contributed by atoms with Gasteiger partial charge in [0.1, 0.15) is 44.4 Å². The molecule has 0 saturated carbocycles. The van der Waals surface area contributed by atoms with Crippen LogP contribution in [0, 0.1) is 13.8 Å². The number of nitrogens with two attached hydrogens (primary N) is 1. The fraction of sp³-hybridized carbons (Fsp3) is 0.0476. The van der Waals surface area contributed by atoms with Gasteiger partial charge in [0.15, 0.2) is 16.8 Å². The first-order chi connectivity index (χ1) is 62.3. The Morgan fingerprint density at radius 2 is 0.855 bits per heavy atom. The quantitative estimate of drug-likeness (QED) is 0.0202. The van der Waals surface area contributed by atoms with Gasteiger partial charge in [0.25, 0.3) is 5.56 Å². The number of carboxylic acids is 6. The van der Waals surface area contributed by atoms with Crippen molar-refractivity contribution in [3.63, 3.8) is 0 Å². The van der Waals surface area contributed by atoms with E-state index in [1.807, 2.05) is 80.6 Å². The number of rotatable bonds is 10. The van der Waals surface area contributed by atoms with Crippen LogP contribution in [0.1, 0.15) is 94.3 Å². The van der Waals surface area contributed by atoms with E-state index in [4.69, 9.17) is 166 Å². The van der Waals surface area contributed by atoms with Gasteiger partial charge in [-0.25, -0.2) is 63.3 Å². The van der Waals surface area contributed by atoms with E-state index in [-0.39, 0.29) is 96.4 Å². The summed E-state index contributed by atoms with van der Waals surface area (Å²) in [5, 5.41) is 56.2. The molecule has 0 spiro atoms. The van der Waals surface area contributed by atoms with Crippen molar-refractivity contribution in [3.8, 4) is 11.8 Å². The molecule has 10 N–H and O–H groups in total. The number of cyclic esters (lactones) is 2. The number of ether oxygens (including phenoxy) is 3. The van der Waals surface area contributed by atoms with E-state index in [2.05, 4.69) is 64.4 Å². The van der Waals surface area contributed by atoms with Gasteiger partial charge in [-0.15, -0.1) is 0 Å². The molecule has 34 nitrogen and oxygen atoms in total. The summed E-state index contributed by atoms with van der Waals surface area (Å²) in [7, 11) is 13.6. The number of methoxy groups -OCH3 is 2. The van der Waals surface area contributed by atoms with Crippen LogP contribution in [0.15, 0.2) is 224 Å². The summed E-state index contributed by atoms with van der Waals surface area (Å²) in [5.74, 6) is -8.81. The van der Waals surface area contributed by atoms with Gasteiger partial charge in [-0.2, -0.15) is 0 Å². The molecule has 0 bridgehead atoms. The number of aromatic nitrogens is 10. The number of carbonyl (C=O) groups excluding carboxylic acids is 2. The van der Waals surface area contributed by atoms with Crippen LogP contribution in [0.4, 0.5) is 17.2 Å². The van der Waals surface area contributed by atoms with Gasteiger partial charge >= 0.3 is 286 Å². The van der Waals surface area contributed by atoms with Crippen molar-refractivity contribution < 1.29 is 83.2 Å². The van der Waals surface area contributed by atoms with Gasteiger partial charge in [-0.05, 0) is 60.7 Å². The van der Waals surface area contributed by atoms with Crippen LogP contribution in [0.2, 0.25) is 45.5 Å². The molecule has 17 rings (SSSR count). The second-order valence-corrected chi connectivity index (χ2v) is 30.6. The van der Waals surface area contributed by atoms with Crippen LogP contribution in [0.3, 0.4) is 0 Å². The SMILES string of the molecule is COc1nccc(Cl)c1C(=O)O.Clc1ccnc2ccccc12.Nc1nccc(Cl)c1C(=O)O.O=C(O)c1c(Cl)cc[nH]c1=O.O=C(O)c1c(Cl)ccnc1Cl.O=C(O)c1nccc(Cl)c1C(=O)O.O=C1OC(=O)c2c(Cl)ccnc21.O=c1cc[nH]c2ccccc12.[B]=Nc1ccc(C)c2sc3ccnc(Cl)c3c(=O)c12.[B]=Nc1ccc(C)c2sc3ccnc(OC)c3c(=O)c12. The van der Waals surface area contributed by atoms with Crippen LogP contribution in [-0.2, 0) is 4.74 Å². The van der Waals surface area contributed by atoms with Gasteiger partial charge in [-0.3, -0.25) is 14.6 Å². The number of nitrogens with one attached hydrogen (secondary N) is 2. The molecule has 16 aromatic rings. The monoisotopic (exact) mass is 1980 g/mol. The van der Waals surface area contributed by atoms with Gasteiger partial charge in [0.2, 0.25) is 5.88 Å². The molecule has 0 aliphatic carbocycles. The number of aryl methyl sites for hydroxylation is 2. The predicted molar refractivity (Wildman–Crippen MR) is 501 cm³/mol. The summed E-state index contributed by atoms with van der Waals surface area (Å²) < 4.78 is 17.6. The van der Waals surface area contributed by atoms with Crippen molar-refractivity contribution in [1.29, 1.82) is 0 Å². The Bertz CT molecular complexity index is 7350. The molecule has 1 aliphatic heterocycles. The minimum absolute atomic E-state index is 0.00694. The Kier molecular flexibility index (Phi) is 37.4. The Balaban J connectivity index is 0.000000181. The van der Waals surface area contributed by atoms with Crippen molar-refractivity contribution in [2.24, 2.45) is 9.79 Å². The number of anilines is 1. The number of carbonyl (C=O) groups is 8. The molecule has 662 valence electrons. The molecule has 131 heavy (non-hydrogen) atoms. The number of fused-ring (bicyclic) bond motifs is 7. The zero-order valence-corrected chi connectivity index (χ0v) is 75.1. The van der Waals surface area contributed by atoms with Crippen LogP contribution in [-0.4, -0.2) is 158 Å². The summed E-state index contributed by atoms with van der Waals surface area (Å²) in [5.41, 5.74) is 7.31. The molecule has 0 atom stereocenters. The minimum atomic E-state index is -1.42. The first-order valence-corrected chi connectivity index (χ1v) is 40.9. The van der Waals surface area contributed by atoms with Crippen LogP contribution < -0.4 is 37.1 Å². The van der Waals surface area contributed by atoms with E-state index >= 15 is 0 Å². The van der Waals surface area contributed by atoms with E-state index in [0.717, 1.165) is 63.0 Å². The third-order valence-corrected chi connectivity index (χ3v) is 22.3. The zero-order chi connectivity index (χ0) is 96.4. The van der Waals surface area contributed by atoms with Crippen molar-refractivity contribution in [1.82, 2.24) is 49.8 Å². The Morgan fingerprint density at radius 3 is 1.34 bits per heavy atom. The number of hydrogen-bond donors (Lipinski definition) is 9. The second kappa shape index (κ2) is 47.9. The number of aromatic carboxylic acids is 6. The summed E-state index contributed by atoms with van der Waals surface area (Å²) in [4.78, 5) is 175. The number of pyridine rings is 10. The molecular formula is C84H54B2Cl9N13O21S2. The van der Waals surface area contributed by atoms with Crippen molar-refractivity contribution >= 4 is 269 Å². The maximum absolute atomic E-state index is 12.8. The summed E-state index contributed by atoms with van der Waals surface area (Å²) in [6.45, 7) is 3.91. The zero-order valence-electron chi connectivity index (χ0n) is 66.7. The molecule has 2 radical (unpaired) electrons. The third kappa shape index (κ3) is 25.7. The molecule has 0 fully saturated rings. The third-order valence-electron chi connectivity index (χ3n) is 16.9. The number of nitrogens with zero attached hydrogens (tertiary/aromatic N) is 10. The van der Waals surface area contributed by atoms with E-state index in [1.54, 1.807) is 49.1 Å². The van der Waals surface area contributed by atoms with E-state index < -0.39 is 70.1 Å². The number of benzene rings is 4. The molecule has 0 amide bonds. The molecule has 12 aromatic heterocycles. The average Bonchev–Trinajstić information content (AvgIpc) is 1.47. The standard InChI is InChI=1S/C14H10BN2O2S.C13H7BClN2OS.C9H6ClN.C9H7NO.C7H4ClNO4.C7H2ClNO3.C7H6ClNO3.C6H3Cl2NO2.C6H5ClN2O2.C6H4ClNO3/c1-7-3-4-8(17-15)10-12(18)11-9(20-13(7)10)5-6-16-14(11)19-2;1-6-2-3-7(17-14)9-11(18)10-8(19-12(6)9)4-5-16-13(10)15;10-8-5-6-11-9-4-2-1-3-7(8)9;11-9-5-6-10-8-4-2-1-3-7(8)9;8-3-1-2-9-5(7(12)13)4(3)6(10)11;8-3-1-2-9-5-4(3)6(10)12-7(5)11;1-12-6-5(7(10)11)4(8)2-3-9-6;2*7-3-1-2-9-5(8)4(3)6(10)11;7-3-1-2-8-5(9)4(3)6(10)11/h3-6H,1-2H3;2-5H,1H3;1-6H;1-6H,(H,10,11);1-2H,(H,10,11)(H,12,13);1-2H;2-3H,1H3,(H,10,11);1-2H,(H,10,11);1-2H,(H2,8,9)(H,10,11);1-2H,(H,8,9)(H,10,11). The second-order valence-electron chi connectivity index (χ2n) is 25.0. The van der Waals surface area contributed by atoms with E-state index in [0.29, 0.717) is 38.8 Å². The van der Waals surface area contributed by atoms with Crippen LogP contribution in [0.25, 0.3) is 62.2 Å². The average molecular weight is 1990 g/mol. The number of esters is 2. The van der Waals surface area contributed by atoms with Crippen molar-refractivity contribution in [2.45, 2.75) is 13.8 Å².